The third-order valence-corrected chi connectivity index (χ3v) is 12.5. The van der Waals surface area contributed by atoms with Crippen molar-refractivity contribution in [3.63, 3.8) is 0 Å². The van der Waals surface area contributed by atoms with Crippen molar-refractivity contribution < 1.29 is 67.6 Å². The molecule has 69 heavy (non-hydrogen) atoms. The fourth-order valence-electron chi connectivity index (χ4n) is 9.58. The number of aliphatic carboxylic acids is 1. The van der Waals surface area contributed by atoms with Crippen LogP contribution in [0.3, 0.4) is 0 Å². The summed E-state index contributed by atoms with van der Waals surface area (Å²) in [4.78, 5) is 98.0. The van der Waals surface area contributed by atoms with Crippen LogP contribution in [0.4, 0.5) is 16.2 Å². The van der Waals surface area contributed by atoms with Crippen molar-refractivity contribution in [1.29, 1.82) is 0 Å². The van der Waals surface area contributed by atoms with Gasteiger partial charge in [-0.05, 0) is 70.3 Å². The molecule has 3 aliphatic rings. The molecule has 2 saturated heterocycles. The maximum Gasteiger partial charge on any atom is 0.421 e. The van der Waals surface area contributed by atoms with Gasteiger partial charge in [0.25, 0.3) is 5.69 Å². The molecule has 5 aromatic carbocycles. The number of benzene rings is 5. The van der Waals surface area contributed by atoms with Crippen molar-refractivity contribution in [3.05, 3.63) is 171 Å². The lowest BCUT2D eigenvalue weighted by Gasteiger charge is -2.46. The molecule has 18 heteroatoms. The molecule has 0 saturated carbocycles. The number of anilines is 1. The van der Waals surface area contributed by atoms with E-state index >= 15 is 4.79 Å². The molecular weight excluding hydrogens is 895 g/mol. The minimum Gasteiger partial charge on any atom is -0.491 e. The van der Waals surface area contributed by atoms with Gasteiger partial charge in [0.2, 0.25) is 5.91 Å². The molecule has 5 aromatic rings. The second-order valence-electron chi connectivity index (χ2n) is 16.2. The van der Waals surface area contributed by atoms with Crippen LogP contribution in [0.15, 0.2) is 127 Å². The van der Waals surface area contributed by atoms with Gasteiger partial charge in [-0.25, -0.2) is 9.69 Å². The molecule has 2 amide bonds. The summed E-state index contributed by atoms with van der Waals surface area (Å²) in [5.41, 5.74) is -0.673. The number of carbonyl (C=O) groups is 6. The quantitative estimate of drug-likeness (QED) is 0.0356. The monoisotopic (exact) mass is 937 g/mol. The fourth-order valence-corrected chi connectivity index (χ4v) is 9.58. The summed E-state index contributed by atoms with van der Waals surface area (Å²) in [5.74, 6) is -2.73. The number of imide groups is 1. The Kier molecular flexibility index (Phi) is 13.5. The molecule has 18 nitrogen and oxygen atoms in total. The van der Waals surface area contributed by atoms with Crippen molar-refractivity contribution in [2.45, 2.75) is 42.7 Å². The molecule has 0 radical (unpaired) electrons. The Balaban J connectivity index is 1.37. The Morgan fingerprint density at radius 2 is 1.46 bits per heavy atom. The Hall–Kier alpha value is -8.40. The predicted molar refractivity (Wildman–Crippen MR) is 241 cm³/mol. The first-order chi connectivity index (χ1) is 33.3. The Bertz CT molecular complexity index is 2850. The van der Waals surface area contributed by atoms with Crippen molar-refractivity contribution >= 4 is 47.3 Å². The topological polar surface area (TPSA) is 239 Å². The van der Waals surface area contributed by atoms with Crippen molar-refractivity contribution in [1.82, 2.24) is 4.90 Å². The highest BCUT2D eigenvalue weighted by Crippen LogP contribution is 2.66. The van der Waals surface area contributed by atoms with E-state index in [1.54, 1.807) is 89.8 Å². The molecule has 8 rings (SSSR count). The zero-order chi connectivity index (χ0) is 49.0. The molecular formula is C51H43N3O15. The molecule has 0 unspecified atom stereocenters. The van der Waals surface area contributed by atoms with E-state index in [1.165, 1.54) is 42.5 Å². The van der Waals surface area contributed by atoms with E-state index in [9.17, 15) is 44.3 Å². The van der Waals surface area contributed by atoms with Crippen molar-refractivity contribution in [2.24, 2.45) is 11.8 Å². The van der Waals surface area contributed by atoms with Gasteiger partial charge in [0.15, 0.2) is 5.92 Å². The number of aliphatic hydroxyl groups excluding tert-OH is 1. The fraction of sp³-hybridized carbons (Fsp3) is 0.255. The van der Waals surface area contributed by atoms with E-state index in [2.05, 4.69) is 11.8 Å². The number of morpholine rings is 1. The van der Waals surface area contributed by atoms with Gasteiger partial charge in [-0.1, -0.05) is 84.6 Å². The number of nitro groups is 1. The first kappa shape index (κ1) is 47.1. The lowest BCUT2D eigenvalue weighted by molar-refractivity contribution is -0.384. The minimum atomic E-state index is -2.36. The maximum atomic E-state index is 16.1. The van der Waals surface area contributed by atoms with Crippen LogP contribution < -0.4 is 9.64 Å². The molecule has 2 N–H and O–H groups in total. The lowest BCUT2D eigenvalue weighted by Crippen LogP contribution is -2.53. The number of nitrogens with zero attached hydrogens (tertiary/aromatic N) is 3. The summed E-state index contributed by atoms with van der Waals surface area (Å²) in [6.07, 6.45) is -2.63. The number of rotatable bonds is 13. The highest BCUT2D eigenvalue weighted by Gasteiger charge is 2.76. The third-order valence-electron chi connectivity index (χ3n) is 12.5. The average Bonchev–Trinajstić information content (AvgIpc) is 3.83. The second kappa shape index (κ2) is 19.8. The summed E-state index contributed by atoms with van der Waals surface area (Å²) in [6.45, 7) is -0.788. The zero-order valence-electron chi connectivity index (χ0n) is 37.0. The molecule has 0 aliphatic carbocycles. The summed E-state index contributed by atoms with van der Waals surface area (Å²) < 4.78 is 27.3. The Morgan fingerprint density at radius 1 is 0.826 bits per heavy atom. The molecule has 1 spiro atoms. The summed E-state index contributed by atoms with van der Waals surface area (Å²) in [6, 6.07) is 29.7. The number of methoxy groups -OCH3 is 2. The number of nitro benzene ring substituents is 1. The van der Waals surface area contributed by atoms with Crippen LogP contribution in [-0.4, -0.2) is 89.4 Å². The van der Waals surface area contributed by atoms with Crippen molar-refractivity contribution in [2.75, 3.05) is 32.3 Å². The number of amides is 2. The first-order valence-electron chi connectivity index (χ1n) is 21.5. The van der Waals surface area contributed by atoms with E-state index in [0.29, 0.717) is 28.0 Å². The van der Waals surface area contributed by atoms with Crippen LogP contribution in [0, 0.1) is 33.8 Å². The van der Waals surface area contributed by atoms with Crippen LogP contribution >= 0.6 is 0 Å². The highest BCUT2D eigenvalue weighted by atomic mass is 16.6. The molecule has 3 aliphatic heterocycles. The lowest BCUT2D eigenvalue weighted by atomic mass is 9.65. The number of aliphatic hydroxyl groups is 1. The Labute approximate surface area is 394 Å². The smallest absolute Gasteiger partial charge is 0.421 e. The van der Waals surface area contributed by atoms with Crippen LogP contribution in [0.2, 0.25) is 0 Å². The third kappa shape index (κ3) is 8.60. The summed E-state index contributed by atoms with van der Waals surface area (Å²) in [5, 5.41) is 32.4. The number of non-ortho nitro benzene ring substituents is 1. The molecule has 0 bridgehead atoms. The van der Waals surface area contributed by atoms with Gasteiger partial charge in [-0.2, -0.15) is 0 Å². The number of carboxylic acid groups (broad SMARTS) is 1. The molecule has 6 atom stereocenters. The average molecular weight is 938 g/mol. The van der Waals surface area contributed by atoms with Gasteiger partial charge in [0.05, 0.1) is 43.5 Å². The summed E-state index contributed by atoms with van der Waals surface area (Å²) in [7, 11) is 2.21. The van der Waals surface area contributed by atoms with Gasteiger partial charge in [0.1, 0.15) is 42.4 Å². The number of carboxylic acids is 1. The second-order valence-corrected chi connectivity index (χ2v) is 16.2. The van der Waals surface area contributed by atoms with Crippen LogP contribution in [0.5, 0.6) is 5.75 Å². The van der Waals surface area contributed by atoms with E-state index in [1.807, 2.05) is 0 Å². The van der Waals surface area contributed by atoms with E-state index < -0.39 is 88.9 Å². The van der Waals surface area contributed by atoms with Crippen molar-refractivity contribution in [3.8, 4) is 17.6 Å². The van der Waals surface area contributed by atoms with Gasteiger partial charge < -0.3 is 33.9 Å². The van der Waals surface area contributed by atoms with Gasteiger partial charge in [0, 0.05) is 24.1 Å². The summed E-state index contributed by atoms with van der Waals surface area (Å²) >= 11 is 0. The van der Waals surface area contributed by atoms with E-state index in [4.69, 9.17) is 23.7 Å². The number of cyclic esters (lactones) is 1. The molecule has 0 aromatic heterocycles. The van der Waals surface area contributed by atoms with E-state index in [0.717, 1.165) is 19.1 Å². The Morgan fingerprint density at radius 3 is 2.06 bits per heavy atom. The van der Waals surface area contributed by atoms with Crippen LogP contribution in [0.1, 0.15) is 58.0 Å². The number of hydrogen-bond donors (Lipinski definition) is 2. The largest absolute Gasteiger partial charge is 0.491 e. The van der Waals surface area contributed by atoms with Crippen LogP contribution in [-0.2, 0) is 54.9 Å². The number of fused-ring (bicyclic) bond motifs is 3. The zero-order valence-corrected chi connectivity index (χ0v) is 37.0. The normalized spacial score (nSPS) is 21.3. The minimum absolute atomic E-state index is 0.0210. The molecule has 2 fully saturated rings. The van der Waals surface area contributed by atoms with Gasteiger partial charge in [-0.3, -0.25) is 39.0 Å². The van der Waals surface area contributed by atoms with Gasteiger partial charge in [-0.15, -0.1) is 0 Å². The standard InChI is InChI=1S/C51H43N3O15/c1-65-46(58)37(47(59)66-2)15-9-10-30-18-25-39-38(28-30)51(49(61)52(39)50(62)68-29-31-16-21-35(22-17-31)54(63)64)40(45(56)57)42-48(60)69-43(33-13-7-4-8-14-33)41(32-11-5-3-6-12-32)53(42)44(51)34-19-23-36(24-20-34)67-27-26-55/h3-8,11-14,16-25,28,37,40-44,55H,15,26-27,29H2,1-2H3,(H,56,57)/t40-,41-,42-,43+,44+,51-/m1/s1. The highest BCUT2D eigenvalue weighted by molar-refractivity contribution is 6.23. The number of ether oxygens (including phenoxy) is 5. The van der Waals surface area contributed by atoms with Crippen LogP contribution in [0.25, 0.3) is 0 Å². The van der Waals surface area contributed by atoms with Gasteiger partial charge >= 0.3 is 30.0 Å². The van der Waals surface area contributed by atoms with E-state index in [-0.39, 0.29) is 42.1 Å². The molecule has 3 heterocycles. The maximum absolute atomic E-state index is 16.1. The number of carbonyl (C=O) groups excluding carboxylic acids is 5. The first-order valence-corrected chi connectivity index (χ1v) is 21.5. The number of hydrogen-bond acceptors (Lipinski definition) is 15. The number of esters is 3. The molecule has 352 valence electrons. The predicted octanol–water partition coefficient (Wildman–Crippen LogP) is 5.76. The SMILES string of the molecule is COC(=O)C(CC#Cc1ccc2c(c1)[C@]1(C(=O)N2C(=O)OCc2ccc([N+](=O)[O-])cc2)[C@H](c2ccc(OCCO)cc2)N2[C@H](c3ccccc3)[C@H](c3ccccc3)OC(=O)[C@H]2[C@@H]1C(=O)O)C(=O)OC.